The molecule has 2 unspecified atom stereocenters. The molecule has 0 radical (unpaired) electrons. The van der Waals surface area contributed by atoms with Crippen molar-refractivity contribution in [3.05, 3.63) is 0 Å². The summed E-state index contributed by atoms with van der Waals surface area (Å²) in [5.74, 6) is 0.138. The molecule has 1 aliphatic heterocycles. The third kappa shape index (κ3) is 4.17. The lowest BCUT2D eigenvalue weighted by Crippen LogP contribution is -2.52. The minimum absolute atomic E-state index is 0.00968. The van der Waals surface area contributed by atoms with E-state index in [-0.39, 0.29) is 17.9 Å². The largest absolute Gasteiger partial charge is 0.344 e. The van der Waals surface area contributed by atoms with Gasteiger partial charge in [-0.15, -0.1) is 0 Å². The summed E-state index contributed by atoms with van der Waals surface area (Å²) in [6.07, 6.45) is 2.06. The Bertz CT molecular complexity index is 310. The van der Waals surface area contributed by atoms with Crippen molar-refractivity contribution >= 4 is 24.4 Å². The number of thiol groups is 1. The average molecular weight is 273 g/mol. The molecule has 1 saturated heterocycles. The van der Waals surface area contributed by atoms with Gasteiger partial charge in [0.1, 0.15) is 6.04 Å². The van der Waals surface area contributed by atoms with Gasteiger partial charge in [-0.2, -0.15) is 12.6 Å². The molecule has 5 nitrogen and oxygen atoms in total. The maximum Gasteiger partial charge on any atom is 0.246 e. The summed E-state index contributed by atoms with van der Waals surface area (Å²) in [6.45, 7) is 3.07. The molecule has 1 fully saturated rings. The van der Waals surface area contributed by atoms with Crippen LogP contribution in [0.2, 0.25) is 0 Å². The van der Waals surface area contributed by atoms with E-state index < -0.39 is 6.04 Å². The molecule has 6 heteroatoms. The van der Waals surface area contributed by atoms with Crippen LogP contribution in [0.25, 0.3) is 0 Å². The third-order valence-corrected chi connectivity index (χ3v) is 3.46. The standard InChI is InChI=1S/C12H23N3O2S/c1-9(16)13-11(8-18)12(17)15-6-4-5-10(15)7-14(2)3/h10-11,18H,4-8H2,1-3H3,(H,13,16). The van der Waals surface area contributed by atoms with Crippen molar-refractivity contribution in [2.75, 3.05) is 32.9 Å². The highest BCUT2D eigenvalue weighted by Crippen LogP contribution is 2.19. The van der Waals surface area contributed by atoms with E-state index in [1.165, 1.54) is 6.92 Å². The molecule has 104 valence electrons. The highest BCUT2D eigenvalue weighted by atomic mass is 32.1. The van der Waals surface area contributed by atoms with Gasteiger partial charge in [0.05, 0.1) is 0 Å². The van der Waals surface area contributed by atoms with Crippen LogP contribution in [0.5, 0.6) is 0 Å². The summed E-state index contributed by atoms with van der Waals surface area (Å²) in [4.78, 5) is 27.4. The Hall–Kier alpha value is -0.750. The summed E-state index contributed by atoms with van der Waals surface area (Å²) in [6, 6.07) is -0.253. The zero-order valence-electron chi connectivity index (χ0n) is 11.3. The van der Waals surface area contributed by atoms with Gasteiger partial charge in [0.25, 0.3) is 0 Å². The maximum atomic E-state index is 12.3. The molecule has 0 bridgehead atoms. The second kappa shape index (κ2) is 6.99. The Kier molecular flexibility index (Phi) is 5.95. The van der Waals surface area contributed by atoms with Gasteiger partial charge in [0, 0.05) is 31.8 Å². The summed E-state index contributed by atoms with van der Waals surface area (Å²) >= 11 is 4.15. The second-order valence-electron chi connectivity index (χ2n) is 5.03. The second-order valence-corrected chi connectivity index (χ2v) is 5.39. The van der Waals surface area contributed by atoms with Crippen molar-refractivity contribution < 1.29 is 9.59 Å². The maximum absolute atomic E-state index is 12.3. The summed E-state index contributed by atoms with van der Waals surface area (Å²) in [7, 11) is 4.01. The van der Waals surface area contributed by atoms with Crippen LogP contribution < -0.4 is 5.32 Å². The van der Waals surface area contributed by atoms with Crippen LogP contribution in [-0.2, 0) is 9.59 Å². The molecule has 2 amide bonds. The van der Waals surface area contributed by atoms with Crippen LogP contribution in [0.15, 0.2) is 0 Å². The predicted octanol–water partition coefficient (Wildman–Crippen LogP) is -0.0265. The molecular formula is C12H23N3O2S. The number of nitrogens with one attached hydrogen (secondary N) is 1. The summed E-state index contributed by atoms with van der Waals surface area (Å²) in [5, 5.41) is 2.66. The van der Waals surface area contributed by atoms with Crippen molar-refractivity contribution in [1.82, 2.24) is 15.1 Å². The molecule has 1 N–H and O–H groups in total. The van der Waals surface area contributed by atoms with Crippen molar-refractivity contribution in [1.29, 1.82) is 0 Å². The molecule has 0 spiro atoms. The topological polar surface area (TPSA) is 52.7 Å². The minimum atomic E-state index is -0.506. The van der Waals surface area contributed by atoms with Crippen molar-refractivity contribution in [3.8, 4) is 0 Å². The molecule has 0 aromatic rings. The van der Waals surface area contributed by atoms with E-state index >= 15 is 0 Å². The van der Waals surface area contributed by atoms with Crippen molar-refractivity contribution in [2.45, 2.75) is 31.8 Å². The van der Waals surface area contributed by atoms with E-state index in [0.29, 0.717) is 5.75 Å². The van der Waals surface area contributed by atoms with Crippen LogP contribution in [0.1, 0.15) is 19.8 Å². The Balaban J connectivity index is 2.65. The fourth-order valence-corrected chi connectivity index (χ4v) is 2.62. The molecule has 2 atom stereocenters. The number of carbonyl (C=O) groups excluding carboxylic acids is 2. The Morgan fingerprint density at radius 1 is 1.50 bits per heavy atom. The Labute approximate surface area is 114 Å². The molecule has 0 saturated carbocycles. The SMILES string of the molecule is CC(=O)NC(CS)C(=O)N1CCCC1CN(C)C. The van der Waals surface area contributed by atoms with Gasteiger partial charge in [-0.1, -0.05) is 0 Å². The van der Waals surface area contributed by atoms with Gasteiger partial charge in [0.2, 0.25) is 11.8 Å². The number of amides is 2. The van der Waals surface area contributed by atoms with Gasteiger partial charge in [-0.05, 0) is 26.9 Å². The number of hydrogen-bond acceptors (Lipinski definition) is 4. The van der Waals surface area contributed by atoms with Gasteiger partial charge in [-0.3, -0.25) is 9.59 Å². The zero-order chi connectivity index (χ0) is 13.7. The lowest BCUT2D eigenvalue weighted by molar-refractivity contribution is -0.136. The van der Waals surface area contributed by atoms with Gasteiger partial charge in [-0.25, -0.2) is 0 Å². The normalized spacial score (nSPS) is 21.2. The first-order chi connectivity index (χ1) is 8.45. The number of hydrogen-bond donors (Lipinski definition) is 2. The summed E-state index contributed by atoms with van der Waals surface area (Å²) < 4.78 is 0. The Morgan fingerprint density at radius 2 is 2.17 bits per heavy atom. The van der Waals surface area contributed by atoms with E-state index in [0.717, 1.165) is 25.9 Å². The zero-order valence-corrected chi connectivity index (χ0v) is 12.2. The summed E-state index contributed by atoms with van der Waals surface area (Å²) in [5.41, 5.74) is 0. The van der Waals surface area contributed by atoms with Crippen LogP contribution in [0, 0.1) is 0 Å². The molecule has 0 aromatic carbocycles. The Morgan fingerprint density at radius 3 is 2.67 bits per heavy atom. The fraction of sp³-hybridized carbons (Fsp3) is 0.833. The van der Waals surface area contributed by atoms with Gasteiger partial charge in [0.15, 0.2) is 0 Å². The predicted molar refractivity (Wildman–Crippen MR) is 74.7 cm³/mol. The van der Waals surface area contributed by atoms with E-state index in [2.05, 4.69) is 22.8 Å². The molecule has 1 heterocycles. The van der Waals surface area contributed by atoms with Crippen LogP contribution in [0.4, 0.5) is 0 Å². The number of carbonyl (C=O) groups is 2. The molecular weight excluding hydrogens is 250 g/mol. The minimum Gasteiger partial charge on any atom is -0.344 e. The number of nitrogens with zero attached hydrogens (tertiary/aromatic N) is 2. The van der Waals surface area contributed by atoms with Gasteiger partial charge >= 0.3 is 0 Å². The molecule has 1 aliphatic rings. The smallest absolute Gasteiger partial charge is 0.246 e. The lowest BCUT2D eigenvalue weighted by atomic mass is 10.2. The third-order valence-electron chi connectivity index (χ3n) is 3.09. The fourth-order valence-electron chi connectivity index (χ4n) is 2.37. The van der Waals surface area contributed by atoms with Crippen LogP contribution in [-0.4, -0.2) is 66.6 Å². The quantitative estimate of drug-likeness (QED) is 0.692. The highest BCUT2D eigenvalue weighted by Gasteiger charge is 2.32. The van der Waals surface area contributed by atoms with Crippen LogP contribution in [0.3, 0.4) is 0 Å². The first kappa shape index (κ1) is 15.3. The van der Waals surface area contributed by atoms with Crippen LogP contribution >= 0.6 is 12.6 Å². The first-order valence-corrected chi connectivity index (χ1v) is 6.92. The van der Waals surface area contributed by atoms with E-state index in [1.54, 1.807) is 0 Å². The van der Waals surface area contributed by atoms with E-state index in [9.17, 15) is 9.59 Å². The number of likely N-dealkylation sites (N-methyl/N-ethyl adjacent to an activating group) is 1. The van der Waals surface area contributed by atoms with E-state index in [1.807, 2.05) is 19.0 Å². The van der Waals surface area contributed by atoms with Gasteiger partial charge < -0.3 is 15.1 Å². The first-order valence-electron chi connectivity index (χ1n) is 6.29. The number of likely N-dealkylation sites (tertiary alicyclic amines) is 1. The molecule has 1 rings (SSSR count). The monoisotopic (exact) mass is 273 g/mol. The van der Waals surface area contributed by atoms with Crippen molar-refractivity contribution in [2.24, 2.45) is 0 Å². The van der Waals surface area contributed by atoms with Crippen molar-refractivity contribution in [3.63, 3.8) is 0 Å². The van der Waals surface area contributed by atoms with E-state index in [4.69, 9.17) is 0 Å². The number of rotatable bonds is 5. The molecule has 18 heavy (non-hydrogen) atoms. The average Bonchev–Trinajstić information content (AvgIpc) is 2.71. The lowest BCUT2D eigenvalue weighted by Gasteiger charge is -2.30. The highest BCUT2D eigenvalue weighted by molar-refractivity contribution is 7.80. The molecule has 0 aromatic heterocycles. The molecule has 0 aliphatic carbocycles.